The molecule has 2 heterocycles. The molecule has 0 radical (unpaired) electrons. The quantitative estimate of drug-likeness (QED) is 0.154. The SMILES string of the molecule is NCCOCCOCCNC(=O)c1ccc(Nc2nc(NCc3cccc4c3OCO4)nc(NC3CCCCC3)n2)cc1. The van der Waals surface area contributed by atoms with Crippen molar-refractivity contribution in [1.29, 1.82) is 0 Å². The van der Waals surface area contributed by atoms with Crippen LogP contribution in [-0.4, -0.2) is 73.2 Å². The Balaban J connectivity index is 1.19. The van der Waals surface area contributed by atoms with E-state index in [-0.39, 0.29) is 12.7 Å². The van der Waals surface area contributed by atoms with Crippen molar-refractivity contribution >= 4 is 29.4 Å². The predicted molar refractivity (Wildman–Crippen MR) is 163 cm³/mol. The van der Waals surface area contributed by atoms with Crippen molar-refractivity contribution in [3.8, 4) is 11.5 Å². The fraction of sp³-hybridized carbons (Fsp3) is 0.467. The lowest BCUT2D eigenvalue weighted by atomic mass is 9.96. The maximum absolute atomic E-state index is 12.5. The third-order valence-electron chi connectivity index (χ3n) is 7.06. The van der Waals surface area contributed by atoms with Crippen molar-refractivity contribution < 1.29 is 23.7 Å². The molecule has 13 nitrogen and oxygen atoms in total. The van der Waals surface area contributed by atoms with Crippen molar-refractivity contribution in [2.45, 2.75) is 44.7 Å². The van der Waals surface area contributed by atoms with Crippen molar-refractivity contribution in [3.63, 3.8) is 0 Å². The molecule has 3 aromatic rings. The molecule has 2 aliphatic rings. The van der Waals surface area contributed by atoms with Gasteiger partial charge in [-0.15, -0.1) is 0 Å². The summed E-state index contributed by atoms with van der Waals surface area (Å²) in [5, 5.41) is 12.9. The van der Waals surface area contributed by atoms with Gasteiger partial charge in [-0.2, -0.15) is 15.0 Å². The number of nitrogens with two attached hydrogens (primary N) is 1. The van der Waals surface area contributed by atoms with E-state index in [1.165, 1.54) is 19.3 Å². The zero-order valence-corrected chi connectivity index (χ0v) is 24.3. The molecule has 13 heteroatoms. The number of carbonyl (C=O) groups excluding carboxylic acids is 1. The molecule has 43 heavy (non-hydrogen) atoms. The summed E-state index contributed by atoms with van der Waals surface area (Å²) in [6.07, 6.45) is 5.82. The average molecular weight is 593 g/mol. The molecule has 1 fully saturated rings. The Labute approximate surface area is 251 Å². The summed E-state index contributed by atoms with van der Waals surface area (Å²) in [4.78, 5) is 26.4. The van der Waals surface area contributed by atoms with Crippen molar-refractivity contribution in [1.82, 2.24) is 20.3 Å². The molecule has 0 spiro atoms. The number of nitrogens with one attached hydrogen (secondary N) is 4. The van der Waals surface area contributed by atoms with Gasteiger partial charge in [0.1, 0.15) is 0 Å². The monoisotopic (exact) mass is 592 g/mol. The second-order valence-corrected chi connectivity index (χ2v) is 10.3. The lowest BCUT2D eigenvalue weighted by molar-refractivity contribution is 0.0511. The highest BCUT2D eigenvalue weighted by atomic mass is 16.7. The molecule has 1 amide bonds. The molecule has 1 aliphatic heterocycles. The number of anilines is 4. The standard InChI is InChI=1S/C30H40N8O5/c31-13-15-40-17-18-41-16-14-32-27(39)21-9-11-24(12-10-21)35-30-37-28(36-29(38-30)34-23-6-2-1-3-7-23)33-19-22-5-4-8-25-26(22)43-20-42-25/h4-5,8-12,23H,1-3,6-7,13-20,31H2,(H,32,39)(H3,33,34,35,36,37,38). The van der Waals surface area contributed by atoms with E-state index in [1.54, 1.807) is 12.1 Å². The molecule has 0 bridgehead atoms. The summed E-state index contributed by atoms with van der Waals surface area (Å²) in [5.74, 6) is 2.60. The Hall–Kier alpha value is -4.20. The minimum atomic E-state index is -0.179. The van der Waals surface area contributed by atoms with Gasteiger partial charge in [-0.3, -0.25) is 4.79 Å². The number of ether oxygens (including phenoxy) is 4. The normalized spacial score (nSPS) is 14.3. The third kappa shape index (κ3) is 9.14. The first-order chi connectivity index (χ1) is 21.2. The van der Waals surface area contributed by atoms with E-state index in [0.717, 1.165) is 35.6 Å². The van der Waals surface area contributed by atoms with Crippen LogP contribution in [0, 0.1) is 0 Å². The number of nitrogens with zero attached hydrogens (tertiary/aromatic N) is 3. The van der Waals surface area contributed by atoms with Crippen LogP contribution in [0.5, 0.6) is 11.5 Å². The fourth-order valence-corrected chi connectivity index (χ4v) is 4.89. The zero-order chi connectivity index (χ0) is 29.7. The first-order valence-electron chi connectivity index (χ1n) is 14.8. The molecule has 1 saturated carbocycles. The molecule has 5 rings (SSSR count). The summed E-state index contributed by atoms with van der Waals surface area (Å²) in [6, 6.07) is 13.2. The number of benzene rings is 2. The third-order valence-corrected chi connectivity index (χ3v) is 7.06. The zero-order valence-electron chi connectivity index (χ0n) is 24.3. The van der Waals surface area contributed by atoms with Crippen LogP contribution in [0.15, 0.2) is 42.5 Å². The van der Waals surface area contributed by atoms with E-state index in [0.29, 0.717) is 75.5 Å². The molecule has 2 aromatic carbocycles. The smallest absolute Gasteiger partial charge is 0.251 e. The van der Waals surface area contributed by atoms with Crippen molar-refractivity contribution in [2.24, 2.45) is 5.73 Å². The predicted octanol–water partition coefficient (Wildman–Crippen LogP) is 3.42. The summed E-state index contributed by atoms with van der Waals surface area (Å²) < 4.78 is 21.8. The molecular weight excluding hydrogens is 552 g/mol. The molecule has 230 valence electrons. The number of carbonyl (C=O) groups is 1. The lowest BCUT2D eigenvalue weighted by Gasteiger charge is -2.23. The second kappa shape index (κ2) is 15.9. The van der Waals surface area contributed by atoms with Gasteiger partial charge in [-0.1, -0.05) is 31.4 Å². The van der Waals surface area contributed by atoms with Crippen molar-refractivity contribution in [3.05, 3.63) is 53.6 Å². The molecule has 1 aliphatic carbocycles. The Morgan fingerprint density at radius 1 is 0.884 bits per heavy atom. The van der Waals surface area contributed by atoms with Crippen LogP contribution in [0.2, 0.25) is 0 Å². The van der Waals surface area contributed by atoms with Gasteiger partial charge in [0.15, 0.2) is 11.5 Å². The van der Waals surface area contributed by atoms with Crippen LogP contribution >= 0.6 is 0 Å². The highest BCUT2D eigenvalue weighted by Crippen LogP contribution is 2.35. The summed E-state index contributed by atoms with van der Waals surface area (Å²) in [5.41, 5.74) is 7.60. The van der Waals surface area contributed by atoms with E-state index in [2.05, 4.69) is 36.2 Å². The van der Waals surface area contributed by atoms with E-state index in [1.807, 2.05) is 30.3 Å². The van der Waals surface area contributed by atoms with Gasteiger partial charge < -0.3 is 45.9 Å². The van der Waals surface area contributed by atoms with Crippen LogP contribution < -0.4 is 36.5 Å². The van der Waals surface area contributed by atoms with E-state index in [9.17, 15) is 4.79 Å². The van der Waals surface area contributed by atoms with Gasteiger partial charge in [0.05, 0.1) is 26.4 Å². The summed E-state index contributed by atoms with van der Waals surface area (Å²) in [6.45, 7) is 3.40. The highest BCUT2D eigenvalue weighted by molar-refractivity contribution is 5.94. The van der Waals surface area contributed by atoms with Gasteiger partial charge >= 0.3 is 0 Å². The van der Waals surface area contributed by atoms with Gasteiger partial charge in [0.2, 0.25) is 24.6 Å². The average Bonchev–Trinajstić information content (AvgIpc) is 3.52. The maximum atomic E-state index is 12.5. The van der Waals surface area contributed by atoms with Crippen molar-refractivity contribution in [2.75, 3.05) is 62.3 Å². The van der Waals surface area contributed by atoms with E-state index in [4.69, 9.17) is 24.7 Å². The Bertz CT molecular complexity index is 1320. The van der Waals surface area contributed by atoms with Crippen LogP contribution in [0.3, 0.4) is 0 Å². The van der Waals surface area contributed by atoms with Crippen LogP contribution in [0.4, 0.5) is 23.5 Å². The first-order valence-corrected chi connectivity index (χ1v) is 14.8. The second-order valence-electron chi connectivity index (χ2n) is 10.3. The fourth-order valence-electron chi connectivity index (χ4n) is 4.89. The number of hydrogen-bond acceptors (Lipinski definition) is 12. The number of fused-ring (bicyclic) bond motifs is 1. The Kier molecular flexibility index (Phi) is 11.2. The number of hydrogen-bond donors (Lipinski definition) is 5. The molecule has 0 atom stereocenters. The molecular formula is C30H40N8O5. The molecule has 0 saturated heterocycles. The van der Waals surface area contributed by atoms with Gasteiger partial charge in [-0.05, 0) is 43.2 Å². The minimum Gasteiger partial charge on any atom is -0.454 e. The molecule has 6 N–H and O–H groups in total. The van der Waals surface area contributed by atoms with Crippen LogP contribution in [0.25, 0.3) is 0 Å². The van der Waals surface area contributed by atoms with E-state index < -0.39 is 0 Å². The molecule has 0 unspecified atom stereocenters. The summed E-state index contributed by atoms with van der Waals surface area (Å²) >= 11 is 0. The number of amides is 1. The maximum Gasteiger partial charge on any atom is 0.251 e. The number of aromatic nitrogens is 3. The molecule has 1 aromatic heterocycles. The van der Waals surface area contributed by atoms with E-state index >= 15 is 0 Å². The topological polar surface area (TPSA) is 167 Å². The highest BCUT2D eigenvalue weighted by Gasteiger charge is 2.19. The number of rotatable bonds is 16. The first kappa shape index (κ1) is 30.3. The Morgan fingerprint density at radius 2 is 1.65 bits per heavy atom. The minimum absolute atomic E-state index is 0.179. The lowest BCUT2D eigenvalue weighted by Crippen LogP contribution is -2.27. The van der Waals surface area contributed by atoms with Gasteiger partial charge in [0.25, 0.3) is 5.91 Å². The van der Waals surface area contributed by atoms with Crippen LogP contribution in [-0.2, 0) is 16.0 Å². The summed E-state index contributed by atoms with van der Waals surface area (Å²) in [7, 11) is 0. The number of para-hydroxylation sites is 1. The van der Waals surface area contributed by atoms with Gasteiger partial charge in [-0.25, -0.2) is 0 Å². The van der Waals surface area contributed by atoms with Gasteiger partial charge in [0, 0.05) is 42.5 Å². The van der Waals surface area contributed by atoms with Crippen LogP contribution in [0.1, 0.15) is 48.0 Å². The largest absolute Gasteiger partial charge is 0.454 e. The Morgan fingerprint density at radius 3 is 2.47 bits per heavy atom.